The molecule has 0 aliphatic rings. The normalized spacial score (nSPS) is 10.8. The van der Waals surface area contributed by atoms with Crippen LogP contribution in [0.4, 0.5) is 5.69 Å². The predicted octanol–water partition coefficient (Wildman–Crippen LogP) is 5.04. The summed E-state index contributed by atoms with van der Waals surface area (Å²) in [5.41, 5.74) is 6.62. The highest BCUT2D eigenvalue weighted by molar-refractivity contribution is 5.47. The second-order valence-electron chi connectivity index (χ2n) is 5.55. The van der Waals surface area contributed by atoms with Crippen molar-refractivity contribution in [1.29, 1.82) is 0 Å². The van der Waals surface area contributed by atoms with Crippen LogP contribution in [0.3, 0.4) is 0 Å². The smallest absolute Gasteiger partial charge is 0.0400 e. The molecule has 1 N–H and O–H groups in total. The molecular formula is C18H23N. The van der Waals surface area contributed by atoms with Gasteiger partial charge in [0.1, 0.15) is 0 Å². The van der Waals surface area contributed by atoms with Crippen LogP contribution in [0.1, 0.15) is 42.0 Å². The molecule has 0 fully saturated rings. The summed E-state index contributed by atoms with van der Waals surface area (Å²) in [6.07, 6.45) is 0. The molecular weight excluding hydrogens is 230 g/mol. The van der Waals surface area contributed by atoms with Gasteiger partial charge in [-0.15, -0.1) is 0 Å². The highest BCUT2D eigenvalue weighted by atomic mass is 14.9. The molecule has 0 saturated carbocycles. The van der Waals surface area contributed by atoms with E-state index in [1.807, 2.05) is 0 Å². The SMILES string of the molecule is Cc1ccc(CNc2cccc(C(C)C)c2)cc1C. The molecule has 0 bridgehead atoms. The Balaban J connectivity index is 2.05. The van der Waals surface area contributed by atoms with Gasteiger partial charge in [-0.3, -0.25) is 0 Å². The van der Waals surface area contributed by atoms with Crippen LogP contribution in [-0.4, -0.2) is 0 Å². The topological polar surface area (TPSA) is 12.0 Å². The molecule has 0 aliphatic carbocycles. The molecule has 0 atom stereocenters. The molecule has 1 nitrogen and oxygen atoms in total. The van der Waals surface area contributed by atoms with E-state index in [0.29, 0.717) is 5.92 Å². The summed E-state index contributed by atoms with van der Waals surface area (Å²) in [5, 5.41) is 3.50. The molecule has 2 aromatic rings. The molecule has 0 unspecified atom stereocenters. The zero-order valence-electron chi connectivity index (χ0n) is 12.3. The van der Waals surface area contributed by atoms with Gasteiger partial charge in [0.2, 0.25) is 0 Å². The molecule has 2 aromatic carbocycles. The lowest BCUT2D eigenvalue weighted by Crippen LogP contribution is -2.01. The number of hydrogen-bond donors (Lipinski definition) is 1. The summed E-state index contributed by atoms with van der Waals surface area (Å²) in [7, 11) is 0. The lowest BCUT2D eigenvalue weighted by Gasteiger charge is -2.11. The first-order valence-corrected chi connectivity index (χ1v) is 6.96. The van der Waals surface area contributed by atoms with E-state index in [2.05, 4.69) is 75.5 Å². The molecule has 0 aromatic heterocycles. The molecule has 0 heterocycles. The third-order valence-corrected chi connectivity index (χ3v) is 3.62. The summed E-state index contributed by atoms with van der Waals surface area (Å²) in [6.45, 7) is 9.64. The second-order valence-corrected chi connectivity index (χ2v) is 5.55. The summed E-state index contributed by atoms with van der Waals surface area (Å²) in [4.78, 5) is 0. The van der Waals surface area contributed by atoms with Gasteiger partial charge < -0.3 is 5.32 Å². The molecule has 0 saturated heterocycles. The van der Waals surface area contributed by atoms with Gasteiger partial charge in [0.25, 0.3) is 0 Å². The first kappa shape index (κ1) is 13.7. The van der Waals surface area contributed by atoms with Crippen LogP contribution in [0.15, 0.2) is 42.5 Å². The van der Waals surface area contributed by atoms with Gasteiger partial charge in [0.15, 0.2) is 0 Å². The quantitative estimate of drug-likeness (QED) is 0.805. The minimum absolute atomic E-state index is 0.573. The second kappa shape index (κ2) is 5.92. The Morgan fingerprint density at radius 2 is 1.74 bits per heavy atom. The minimum Gasteiger partial charge on any atom is -0.381 e. The number of rotatable bonds is 4. The molecule has 2 rings (SSSR count). The van der Waals surface area contributed by atoms with Crippen LogP contribution < -0.4 is 5.32 Å². The van der Waals surface area contributed by atoms with E-state index in [0.717, 1.165) is 6.54 Å². The molecule has 0 spiro atoms. The maximum absolute atomic E-state index is 3.50. The Hall–Kier alpha value is -1.76. The number of anilines is 1. The Labute approximate surface area is 116 Å². The summed E-state index contributed by atoms with van der Waals surface area (Å²) < 4.78 is 0. The maximum atomic E-state index is 3.50. The van der Waals surface area contributed by atoms with E-state index in [4.69, 9.17) is 0 Å². The van der Waals surface area contributed by atoms with E-state index < -0.39 is 0 Å². The van der Waals surface area contributed by atoms with E-state index >= 15 is 0 Å². The summed E-state index contributed by atoms with van der Waals surface area (Å²) in [6, 6.07) is 15.3. The van der Waals surface area contributed by atoms with Gasteiger partial charge in [0, 0.05) is 12.2 Å². The number of aryl methyl sites for hydroxylation is 2. The predicted molar refractivity (Wildman–Crippen MR) is 83.8 cm³/mol. The third kappa shape index (κ3) is 3.60. The van der Waals surface area contributed by atoms with Crippen LogP contribution in [0.5, 0.6) is 0 Å². The summed E-state index contributed by atoms with van der Waals surface area (Å²) >= 11 is 0. The number of hydrogen-bond acceptors (Lipinski definition) is 1. The Morgan fingerprint density at radius 3 is 2.42 bits per heavy atom. The average molecular weight is 253 g/mol. The first-order valence-electron chi connectivity index (χ1n) is 6.96. The van der Waals surface area contributed by atoms with E-state index in [1.54, 1.807) is 0 Å². The van der Waals surface area contributed by atoms with Crippen molar-refractivity contribution in [2.24, 2.45) is 0 Å². The first-order chi connectivity index (χ1) is 9.06. The molecule has 100 valence electrons. The number of benzene rings is 2. The van der Waals surface area contributed by atoms with Crippen LogP contribution in [0.25, 0.3) is 0 Å². The monoisotopic (exact) mass is 253 g/mol. The van der Waals surface area contributed by atoms with E-state index in [1.165, 1.54) is 27.9 Å². The molecule has 0 amide bonds. The molecule has 1 heteroatoms. The van der Waals surface area contributed by atoms with Crippen LogP contribution in [-0.2, 0) is 6.54 Å². The van der Waals surface area contributed by atoms with Crippen LogP contribution in [0, 0.1) is 13.8 Å². The molecule has 0 aliphatic heterocycles. The fourth-order valence-corrected chi connectivity index (χ4v) is 2.13. The van der Waals surface area contributed by atoms with Crippen molar-refractivity contribution in [3.63, 3.8) is 0 Å². The third-order valence-electron chi connectivity index (χ3n) is 3.62. The maximum Gasteiger partial charge on any atom is 0.0400 e. The molecule has 0 radical (unpaired) electrons. The standard InChI is InChI=1S/C18H23N/c1-13(2)17-6-5-7-18(11-17)19-12-16-9-8-14(3)15(4)10-16/h5-11,13,19H,12H2,1-4H3. The van der Waals surface area contributed by atoms with Crippen molar-refractivity contribution in [2.75, 3.05) is 5.32 Å². The van der Waals surface area contributed by atoms with Gasteiger partial charge >= 0.3 is 0 Å². The van der Waals surface area contributed by atoms with Crippen molar-refractivity contribution in [2.45, 2.75) is 40.2 Å². The van der Waals surface area contributed by atoms with Gasteiger partial charge in [0.05, 0.1) is 0 Å². The Morgan fingerprint density at radius 1 is 0.947 bits per heavy atom. The fourth-order valence-electron chi connectivity index (χ4n) is 2.13. The van der Waals surface area contributed by atoms with Crippen molar-refractivity contribution in [3.05, 3.63) is 64.7 Å². The van der Waals surface area contributed by atoms with E-state index in [9.17, 15) is 0 Å². The van der Waals surface area contributed by atoms with Gasteiger partial charge in [-0.25, -0.2) is 0 Å². The van der Waals surface area contributed by atoms with Crippen LogP contribution >= 0.6 is 0 Å². The van der Waals surface area contributed by atoms with Crippen molar-refractivity contribution < 1.29 is 0 Å². The van der Waals surface area contributed by atoms with E-state index in [-0.39, 0.29) is 0 Å². The molecule has 19 heavy (non-hydrogen) atoms. The largest absolute Gasteiger partial charge is 0.381 e. The van der Waals surface area contributed by atoms with Crippen molar-refractivity contribution in [1.82, 2.24) is 0 Å². The highest BCUT2D eigenvalue weighted by Gasteiger charge is 2.01. The Bertz CT molecular complexity index is 555. The van der Waals surface area contributed by atoms with Crippen molar-refractivity contribution in [3.8, 4) is 0 Å². The van der Waals surface area contributed by atoms with Crippen LogP contribution in [0.2, 0.25) is 0 Å². The Kier molecular flexibility index (Phi) is 4.26. The van der Waals surface area contributed by atoms with Crippen molar-refractivity contribution >= 4 is 5.69 Å². The minimum atomic E-state index is 0.573. The lowest BCUT2D eigenvalue weighted by atomic mass is 10.0. The zero-order chi connectivity index (χ0) is 13.8. The fraction of sp³-hybridized carbons (Fsp3) is 0.333. The van der Waals surface area contributed by atoms with Gasteiger partial charge in [-0.05, 0) is 54.2 Å². The lowest BCUT2D eigenvalue weighted by molar-refractivity contribution is 0.866. The van der Waals surface area contributed by atoms with Gasteiger partial charge in [-0.2, -0.15) is 0 Å². The summed E-state index contributed by atoms with van der Waals surface area (Å²) in [5.74, 6) is 0.573. The van der Waals surface area contributed by atoms with Gasteiger partial charge in [-0.1, -0.05) is 44.2 Å². The highest BCUT2D eigenvalue weighted by Crippen LogP contribution is 2.19. The average Bonchev–Trinajstić information content (AvgIpc) is 2.40. The zero-order valence-corrected chi connectivity index (χ0v) is 12.3. The number of nitrogens with one attached hydrogen (secondary N) is 1.